The van der Waals surface area contributed by atoms with Crippen molar-refractivity contribution in [1.29, 1.82) is 0 Å². The van der Waals surface area contributed by atoms with Gasteiger partial charge >= 0.3 is 5.97 Å². The summed E-state index contributed by atoms with van der Waals surface area (Å²) in [6.45, 7) is 2.09. The Labute approximate surface area is 140 Å². The molecule has 0 aliphatic rings. The van der Waals surface area contributed by atoms with Gasteiger partial charge in [-0.25, -0.2) is 9.48 Å². The normalized spacial score (nSPS) is 10.6. The van der Waals surface area contributed by atoms with Crippen LogP contribution >= 0.6 is 0 Å². The summed E-state index contributed by atoms with van der Waals surface area (Å²) >= 11 is 0. The van der Waals surface area contributed by atoms with Crippen LogP contribution in [-0.2, 0) is 6.42 Å². The topological polar surface area (TPSA) is 64.4 Å². The van der Waals surface area contributed by atoms with Gasteiger partial charge in [-0.2, -0.15) is 5.10 Å². The Morgan fingerprint density at radius 1 is 1.12 bits per heavy atom. The van der Waals surface area contributed by atoms with E-state index in [0.717, 1.165) is 29.1 Å². The fourth-order valence-corrected chi connectivity index (χ4v) is 2.52. The van der Waals surface area contributed by atoms with Crippen molar-refractivity contribution < 1.29 is 14.6 Å². The molecule has 0 unspecified atom stereocenters. The third kappa shape index (κ3) is 3.01. The Morgan fingerprint density at radius 3 is 2.33 bits per heavy atom. The van der Waals surface area contributed by atoms with Crippen molar-refractivity contribution in [1.82, 2.24) is 9.78 Å². The lowest BCUT2D eigenvalue weighted by molar-refractivity contribution is 0.0690. The maximum atomic E-state index is 11.3. The molecular formula is C19H18N2O3. The van der Waals surface area contributed by atoms with Crippen LogP contribution in [0.3, 0.4) is 0 Å². The zero-order valence-electron chi connectivity index (χ0n) is 13.6. The molecule has 0 amide bonds. The molecule has 3 rings (SSSR count). The van der Waals surface area contributed by atoms with E-state index in [4.69, 9.17) is 4.74 Å². The molecule has 0 atom stereocenters. The third-order valence-corrected chi connectivity index (χ3v) is 3.90. The van der Waals surface area contributed by atoms with E-state index in [1.54, 1.807) is 17.9 Å². The Bertz CT molecular complexity index is 784. The number of methoxy groups -OCH3 is 1. The maximum absolute atomic E-state index is 11.3. The van der Waals surface area contributed by atoms with Crippen molar-refractivity contribution in [3.8, 4) is 22.7 Å². The third-order valence-electron chi connectivity index (χ3n) is 3.90. The van der Waals surface area contributed by atoms with E-state index >= 15 is 0 Å². The van der Waals surface area contributed by atoms with Gasteiger partial charge in [0, 0.05) is 5.56 Å². The minimum Gasteiger partial charge on any atom is -0.497 e. The van der Waals surface area contributed by atoms with Crippen molar-refractivity contribution in [3.63, 3.8) is 0 Å². The van der Waals surface area contributed by atoms with Gasteiger partial charge in [0.05, 0.1) is 18.5 Å². The molecule has 5 nitrogen and oxygen atoms in total. The number of hydrogen-bond acceptors (Lipinski definition) is 3. The summed E-state index contributed by atoms with van der Waals surface area (Å²) in [6.07, 6.45) is 0.950. The second-order valence-electron chi connectivity index (χ2n) is 5.38. The van der Waals surface area contributed by atoms with Crippen LogP contribution in [0.4, 0.5) is 0 Å². The number of aryl methyl sites for hydroxylation is 1. The first-order valence-electron chi connectivity index (χ1n) is 7.69. The molecule has 1 heterocycles. The summed E-state index contributed by atoms with van der Waals surface area (Å²) in [5.41, 5.74) is 3.65. The van der Waals surface area contributed by atoms with Gasteiger partial charge in [-0.1, -0.05) is 19.1 Å². The van der Waals surface area contributed by atoms with Crippen molar-refractivity contribution in [2.45, 2.75) is 13.3 Å². The van der Waals surface area contributed by atoms with E-state index in [0.29, 0.717) is 0 Å². The molecule has 0 aliphatic heterocycles. The maximum Gasteiger partial charge on any atom is 0.356 e. The van der Waals surface area contributed by atoms with E-state index in [1.165, 1.54) is 5.56 Å². The fourth-order valence-electron chi connectivity index (χ4n) is 2.52. The lowest BCUT2D eigenvalue weighted by Gasteiger charge is -2.09. The number of nitrogens with zero attached hydrogens (tertiary/aromatic N) is 2. The van der Waals surface area contributed by atoms with Crippen LogP contribution in [0.5, 0.6) is 5.75 Å². The zero-order valence-corrected chi connectivity index (χ0v) is 13.6. The highest BCUT2D eigenvalue weighted by Gasteiger charge is 2.16. The van der Waals surface area contributed by atoms with Gasteiger partial charge < -0.3 is 9.84 Å². The average Bonchev–Trinajstić information content (AvgIpc) is 3.07. The predicted molar refractivity (Wildman–Crippen MR) is 91.9 cm³/mol. The number of hydrogen-bond donors (Lipinski definition) is 1. The average molecular weight is 322 g/mol. The second kappa shape index (κ2) is 6.58. The van der Waals surface area contributed by atoms with Crippen LogP contribution in [0.25, 0.3) is 16.9 Å². The fraction of sp³-hybridized carbons (Fsp3) is 0.158. The van der Waals surface area contributed by atoms with Crippen LogP contribution in [0, 0.1) is 0 Å². The van der Waals surface area contributed by atoms with E-state index in [1.807, 2.05) is 48.5 Å². The largest absolute Gasteiger partial charge is 0.497 e. The number of carboxylic acids is 1. The standard InChI is InChI=1S/C19H18N2O3/c1-3-13-4-8-15(9-5-13)21-18(12-17(20-21)19(22)23)14-6-10-16(24-2)11-7-14/h4-12H,3H2,1-2H3,(H,22,23). The van der Waals surface area contributed by atoms with Crippen LogP contribution in [-0.4, -0.2) is 28.0 Å². The molecule has 2 aromatic carbocycles. The van der Waals surface area contributed by atoms with Gasteiger partial charge in [0.2, 0.25) is 0 Å². The SMILES string of the molecule is CCc1ccc(-n2nc(C(=O)O)cc2-c2ccc(OC)cc2)cc1. The highest BCUT2D eigenvalue weighted by Crippen LogP contribution is 2.26. The molecule has 5 heteroatoms. The van der Waals surface area contributed by atoms with Gasteiger partial charge in [-0.15, -0.1) is 0 Å². The molecule has 1 aromatic heterocycles. The summed E-state index contributed by atoms with van der Waals surface area (Å²) in [4.78, 5) is 11.3. The molecule has 0 radical (unpaired) electrons. The monoisotopic (exact) mass is 322 g/mol. The highest BCUT2D eigenvalue weighted by atomic mass is 16.5. The lowest BCUT2D eigenvalue weighted by atomic mass is 10.1. The van der Waals surface area contributed by atoms with Crippen LogP contribution in [0.1, 0.15) is 23.0 Å². The number of aromatic nitrogens is 2. The number of rotatable bonds is 5. The predicted octanol–water partition coefficient (Wildman–Crippen LogP) is 3.81. The summed E-state index contributed by atoms with van der Waals surface area (Å²) < 4.78 is 6.83. The summed E-state index contributed by atoms with van der Waals surface area (Å²) in [6, 6.07) is 17.0. The molecule has 0 bridgehead atoms. The van der Waals surface area contributed by atoms with Gasteiger partial charge in [-0.05, 0) is 54.4 Å². The molecule has 1 N–H and O–H groups in total. The molecule has 122 valence electrons. The quantitative estimate of drug-likeness (QED) is 0.776. The molecule has 0 saturated heterocycles. The molecule has 0 fully saturated rings. The van der Waals surface area contributed by atoms with Crippen molar-refractivity contribution >= 4 is 5.97 Å². The number of aromatic carboxylic acids is 1. The summed E-state index contributed by atoms with van der Waals surface area (Å²) in [5, 5.41) is 13.5. The number of benzene rings is 2. The Kier molecular flexibility index (Phi) is 4.33. The molecule has 0 aliphatic carbocycles. The first kappa shape index (κ1) is 15.8. The second-order valence-corrected chi connectivity index (χ2v) is 5.38. The summed E-state index contributed by atoms with van der Waals surface area (Å²) in [7, 11) is 1.61. The highest BCUT2D eigenvalue weighted by molar-refractivity contribution is 5.87. The molecule has 24 heavy (non-hydrogen) atoms. The van der Waals surface area contributed by atoms with Gasteiger partial charge in [0.1, 0.15) is 5.75 Å². The number of carbonyl (C=O) groups is 1. The van der Waals surface area contributed by atoms with Crippen molar-refractivity contribution in [2.75, 3.05) is 7.11 Å². The lowest BCUT2D eigenvalue weighted by Crippen LogP contribution is -2.02. The van der Waals surface area contributed by atoms with Crippen molar-refractivity contribution in [2.24, 2.45) is 0 Å². The van der Waals surface area contributed by atoms with Crippen LogP contribution in [0.2, 0.25) is 0 Å². The Balaban J connectivity index is 2.10. The van der Waals surface area contributed by atoms with Gasteiger partial charge in [-0.3, -0.25) is 0 Å². The van der Waals surface area contributed by atoms with Crippen LogP contribution in [0.15, 0.2) is 54.6 Å². The first-order valence-corrected chi connectivity index (χ1v) is 7.69. The van der Waals surface area contributed by atoms with Crippen LogP contribution < -0.4 is 4.74 Å². The number of carboxylic acid groups (broad SMARTS) is 1. The smallest absolute Gasteiger partial charge is 0.356 e. The van der Waals surface area contributed by atoms with E-state index in [-0.39, 0.29) is 5.69 Å². The zero-order chi connectivity index (χ0) is 17.1. The number of ether oxygens (including phenoxy) is 1. The molecule has 3 aromatic rings. The van der Waals surface area contributed by atoms with E-state index in [2.05, 4.69) is 12.0 Å². The van der Waals surface area contributed by atoms with Crippen molar-refractivity contribution in [3.05, 3.63) is 65.9 Å². The van der Waals surface area contributed by atoms with E-state index in [9.17, 15) is 9.90 Å². The first-order chi connectivity index (χ1) is 11.6. The van der Waals surface area contributed by atoms with E-state index < -0.39 is 5.97 Å². The van der Waals surface area contributed by atoms with Gasteiger partial charge in [0.25, 0.3) is 0 Å². The minimum atomic E-state index is -1.05. The molecular weight excluding hydrogens is 304 g/mol. The summed E-state index contributed by atoms with van der Waals surface area (Å²) in [5.74, 6) is -0.302. The molecule has 0 saturated carbocycles. The molecule has 0 spiro atoms. The van der Waals surface area contributed by atoms with Gasteiger partial charge in [0.15, 0.2) is 5.69 Å². The minimum absolute atomic E-state index is 0.0142. The Morgan fingerprint density at radius 2 is 1.79 bits per heavy atom. The Hall–Kier alpha value is -3.08.